The van der Waals surface area contributed by atoms with Gasteiger partial charge in [0, 0.05) is 19.3 Å². The molecule has 1 unspecified atom stereocenters. The van der Waals surface area contributed by atoms with Crippen LogP contribution < -0.4 is 10.2 Å². The predicted molar refractivity (Wildman–Crippen MR) is 119 cm³/mol. The zero-order valence-corrected chi connectivity index (χ0v) is 17.8. The number of anilines is 2. The van der Waals surface area contributed by atoms with Gasteiger partial charge in [-0.05, 0) is 68.1 Å². The summed E-state index contributed by atoms with van der Waals surface area (Å²) in [4.78, 5) is 7.63. The molecule has 150 valence electrons. The number of nitrogens with zero attached hydrogens (tertiary/aromatic N) is 2. The van der Waals surface area contributed by atoms with Crippen molar-refractivity contribution in [1.29, 1.82) is 0 Å². The lowest BCUT2D eigenvalue weighted by atomic mass is 10.1. The predicted octanol–water partition coefficient (Wildman–Crippen LogP) is 4.89. The van der Waals surface area contributed by atoms with Gasteiger partial charge in [-0.2, -0.15) is 0 Å². The van der Waals surface area contributed by atoms with Gasteiger partial charge in [-0.3, -0.25) is 0 Å². The molecule has 1 atom stereocenters. The summed E-state index contributed by atoms with van der Waals surface area (Å²) in [5.74, 6) is 0. The van der Waals surface area contributed by atoms with Gasteiger partial charge < -0.3 is 10.2 Å². The molecule has 1 aromatic heterocycles. The van der Waals surface area contributed by atoms with Gasteiger partial charge in [0.2, 0.25) is 0 Å². The van der Waals surface area contributed by atoms with Crippen molar-refractivity contribution in [3.63, 3.8) is 0 Å². The van der Waals surface area contributed by atoms with Crippen LogP contribution in [0.25, 0.3) is 0 Å². The number of rotatable bonds is 7. The molecule has 1 aliphatic rings. The van der Waals surface area contributed by atoms with E-state index < -0.39 is 10.8 Å². The van der Waals surface area contributed by atoms with Gasteiger partial charge in [0.05, 0.1) is 16.3 Å². The minimum absolute atomic E-state index is 0.672. The molecule has 3 aromatic rings. The van der Waals surface area contributed by atoms with E-state index >= 15 is 0 Å². The average Bonchev–Trinajstić information content (AvgIpc) is 2.76. The Morgan fingerprint density at radius 1 is 1.00 bits per heavy atom. The molecule has 2 heterocycles. The molecular weight excluding hydrogens is 378 g/mol. The molecule has 5 heteroatoms. The van der Waals surface area contributed by atoms with Crippen molar-refractivity contribution in [3.8, 4) is 0 Å². The smallest absolute Gasteiger partial charge is 0.155 e. The zero-order valence-electron chi connectivity index (χ0n) is 17.0. The largest absolute Gasteiger partial charge is 0.338 e. The molecule has 0 bridgehead atoms. The normalized spacial score (nSPS) is 15.1. The van der Waals surface area contributed by atoms with Gasteiger partial charge in [-0.15, -0.1) is 0 Å². The highest BCUT2D eigenvalue weighted by atomic mass is 32.2. The lowest BCUT2D eigenvalue weighted by Gasteiger charge is -2.34. The van der Waals surface area contributed by atoms with Crippen molar-refractivity contribution in [3.05, 3.63) is 77.5 Å². The number of unbranched alkanes of at least 4 members (excludes halogenated alkanes) is 1. The Morgan fingerprint density at radius 3 is 2.66 bits per heavy atom. The van der Waals surface area contributed by atoms with Gasteiger partial charge in [0.1, 0.15) is 10.8 Å². The summed E-state index contributed by atoms with van der Waals surface area (Å²) in [5.41, 5.74) is 5.81. The molecule has 0 radical (unpaired) electrons. The Bertz CT molecular complexity index is 1020. The Kier molecular flexibility index (Phi) is 6.07. The third-order valence-electron chi connectivity index (χ3n) is 5.51. The van der Waals surface area contributed by atoms with Crippen LogP contribution in [-0.2, 0) is 17.3 Å². The molecule has 0 saturated carbocycles. The van der Waals surface area contributed by atoms with Crippen LogP contribution in [0.15, 0.2) is 70.7 Å². The van der Waals surface area contributed by atoms with Crippen molar-refractivity contribution in [2.24, 2.45) is 0 Å². The van der Waals surface area contributed by atoms with Crippen LogP contribution in [0.4, 0.5) is 11.4 Å². The van der Waals surface area contributed by atoms with Gasteiger partial charge >= 0.3 is 0 Å². The molecule has 0 amide bonds. The van der Waals surface area contributed by atoms with E-state index in [0.29, 0.717) is 5.03 Å². The SMILES string of the molecule is Cc1ccc2c(c1C)N(CCCCNCc1ccccc1)c1cccnc1S2=O. The molecule has 1 N–H and O–H groups in total. The van der Waals surface area contributed by atoms with E-state index in [4.69, 9.17) is 0 Å². The molecule has 0 aliphatic carbocycles. The fourth-order valence-electron chi connectivity index (χ4n) is 3.80. The number of fused-ring (bicyclic) bond motifs is 2. The standard InChI is InChI=1S/C24H27N3OS/c1-18-12-13-22-23(19(18)2)27(21-11-8-15-26-24(21)29(22)28)16-7-6-14-25-17-20-9-4-3-5-10-20/h3-5,8-13,15,25H,6-7,14,16-17H2,1-2H3. The van der Waals surface area contributed by atoms with E-state index in [1.807, 2.05) is 24.3 Å². The second-order valence-electron chi connectivity index (χ2n) is 7.47. The van der Waals surface area contributed by atoms with Gasteiger partial charge in [-0.1, -0.05) is 36.4 Å². The van der Waals surface area contributed by atoms with Crippen molar-refractivity contribution in [2.75, 3.05) is 18.0 Å². The molecule has 2 aromatic carbocycles. The first-order chi connectivity index (χ1) is 14.2. The third-order valence-corrected chi connectivity index (χ3v) is 6.90. The highest BCUT2D eigenvalue weighted by Gasteiger charge is 2.30. The van der Waals surface area contributed by atoms with Crippen LogP contribution in [0, 0.1) is 13.8 Å². The van der Waals surface area contributed by atoms with E-state index in [9.17, 15) is 4.21 Å². The van der Waals surface area contributed by atoms with Gasteiger partial charge in [0.15, 0.2) is 5.03 Å². The molecule has 4 rings (SSSR count). The minimum atomic E-state index is -1.23. The first-order valence-electron chi connectivity index (χ1n) is 10.2. The number of nitrogens with one attached hydrogen (secondary N) is 1. The Hall–Kier alpha value is -2.50. The van der Waals surface area contributed by atoms with E-state index in [0.717, 1.165) is 48.7 Å². The summed E-state index contributed by atoms with van der Waals surface area (Å²) in [6.07, 6.45) is 3.87. The van der Waals surface area contributed by atoms with E-state index in [2.05, 4.69) is 59.4 Å². The first-order valence-corrected chi connectivity index (χ1v) is 11.3. The fourth-order valence-corrected chi connectivity index (χ4v) is 5.16. The summed E-state index contributed by atoms with van der Waals surface area (Å²) in [5, 5.41) is 4.20. The number of hydrogen-bond donors (Lipinski definition) is 1. The van der Waals surface area contributed by atoms with Crippen molar-refractivity contribution < 1.29 is 4.21 Å². The lowest BCUT2D eigenvalue weighted by molar-refractivity contribution is 0.621. The van der Waals surface area contributed by atoms with Crippen LogP contribution in [0.3, 0.4) is 0 Å². The maximum Gasteiger partial charge on any atom is 0.155 e. The minimum Gasteiger partial charge on any atom is -0.338 e. The summed E-state index contributed by atoms with van der Waals surface area (Å²) < 4.78 is 13.1. The zero-order chi connectivity index (χ0) is 20.2. The molecule has 1 aliphatic heterocycles. The van der Waals surface area contributed by atoms with Crippen molar-refractivity contribution in [2.45, 2.75) is 43.2 Å². The highest BCUT2D eigenvalue weighted by molar-refractivity contribution is 7.85. The molecule has 29 heavy (non-hydrogen) atoms. The quantitative estimate of drug-likeness (QED) is 0.569. The average molecular weight is 406 g/mol. The molecule has 4 nitrogen and oxygen atoms in total. The number of aryl methyl sites for hydroxylation is 1. The second kappa shape index (κ2) is 8.89. The topological polar surface area (TPSA) is 45.2 Å². The second-order valence-corrected chi connectivity index (χ2v) is 8.84. The summed E-state index contributed by atoms with van der Waals surface area (Å²) >= 11 is 0. The number of aromatic nitrogens is 1. The van der Waals surface area contributed by atoms with Crippen LogP contribution >= 0.6 is 0 Å². The molecule has 0 saturated heterocycles. The Morgan fingerprint density at radius 2 is 1.83 bits per heavy atom. The number of benzene rings is 2. The molecule has 0 fully saturated rings. The van der Waals surface area contributed by atoms with Crippen molar-refractivity contribution >= 4 is 22.2 Å². The Balaban J connectivity index is 1.45. The van der Waals surface area contributed by atoms with Crippen LogP contribution in [-0.4, -0.2) is 22.3 Å². The Labute approximate surface area is 175 Å². The van der Waals surface area contributed by atoms with Crippen LogP contribution in [0.2, 0.25) is 0 Å². The van der Waals surface area contributed by atoms with Crippen molar-refractivity contribution in [1.82, 2.24) is 10.3 Å². The summed E-state index contributed by atoms with van der Waals surface area (Å²) in [7, 11) is -1.23. The van der Waals surface area contributed by atoms with E-state index in [1.54, 1.807) is 6.20 Å². The summed E-state index contributed by atoms with van der Waals surface area (Å²) in [6, 6.07) is 18.5. The fraction of sp³-hybridized carbons (Fsp3) is 0.292. The number of hydrogen-bond acceptors (Lipinski definition) is 4. The monoisotopic (exact) mass is 405 g/mol. The summed E-state index contributed by atoms with van der Waals surface area (Å²) in [6.45, 7) is 7.01. The van der Waals surface area contributed by atoms with E-state index in [1.165, 1.54) is 16.7 Å². The third kappa shape index (κ3) is 4.11. The van der Waals surface area contributed by atoms with Crippen LogP contribution in [0.5, 0.6) is 0 Å². The number of pyridine rings is 1. The highest BCUT2D eigenvalue weighted by Crippen LogP contribution is 2.43. The maximum atomic E-state index is 13.1. The first kappa shape index (κ1) is 19.8. The van der Waals surface area contributed by atoms with Gasteiger partial charge in [-0.25, -0.2) is 9.19 Å². The molecule has 0 spiro atoms. The van der Waals surface area contributed by atoms with Crippen LogP contribution in [0.1, 0.15) is 29.5 Å². The van der Waals surface area contributed by atoms with E-state index in [-0.39, 0.29) is 0 Å². The lowest BCUT2D eigenvalue weighted by Crippen LogP contribution is -2.27. The maximum absolute atomic E-state index is 13.1. The molecular formula is C24H27N3OS. The van der Waals surface area contributed by atoms with Gasteiger partial charge in [0.25, 0.3) is 0 Å².